The second-order valence-corrected chi connectivity index (χ2v) is 4.10. The Morgan fingerprint density at radius 2 is 1.67 bits per heavy atom. The van der Waals surface area contributed by atoms with Gasteiger partial charge in [0.2, 0.25) is 0 Å². The predicted molar refractivity (Wildman–Crippen MR) is 72.1 cm³/mol. The first kappa shape index (κ1) is 12.7. The SMILES string of the molecule is COc1ccc(Cc2ccccc2B(O)O)cc1. The van der Waals surface area contributed by atoms with E-state index in [1.807, 2.05) is 36.4 Å². The van der Waals surface area contributed by atoms with E-state index < -0.39 is 7.12 Å². The Morgan fingerprint density at radius 1 is 1.00 bits per heavy atom. The van der Waals surface area contributed by atoms with E-state index in [-0.39, 0.29) is 0 Å². The van der Waals surface area contributed by atoms with Crippen LogP contribution in [0.2, 0.25) is 0 Å². The van der Waals surface area contributed by atoms with Gasteiger partial charge in [-0.3, -0.25) is 0 Å². The molecule has 0 aliphatic rings. The summed E-state index contributed by atoms with van der Waals surface area (Å²) in [5, 5.41) is 18.6. The van der Waals surface area contributed by atoms with Crippen LogP contribution in [-0.4, -0.2) is 24.3 Å². The van der Waals surface area contributed by atoms with Crippen molar-refractivity contribution in [2.75, 3.05) is 7.11 Å². The van der Waals surface area contributed by atoms with Crippen LogP contribution < -0.4 is 10.2 Å². The Hall–Kier alpha value is -1.78. The first-order chi connectivity index (χ1) is 8.70. The van der Waals surface area contributed by atoms with Crippen LogP contribution in [0.5, 0.6) is 5.75 Å². The molecule has 0 aliphatic heterocycles. The van der Waals surface area contributed by atoms with Gasteiger partial charge in [-0.05, 0) is 35.1 Å². The molecule has 2 aromatic rings. The van der Waals surface area contributed by atoms with E-state index in [4.69, 9.17) is 4.74 Å². The highest BCUT2D eigenvalue weighted by Crippen LogP contribution is 2.14. The van der Waals surface area contributed by atoms with Gasteiger partial charge in [-0.1, -0.05) is 36.4 Å². The lowest BCUT2D eigenvalue weighted by molar-refractivity contribution is 0.414. The first-order valence-corrected chi connectivity index (χ1v) is 5.77. The zero-order valence-corrected chi connectivity index (χ0v) is 10.2. The summed E-state index contributed by atoms with van der Waals surface area (Å²) in [5.41, 5.74) is 2.56. The van der Waals surface area contributed by atoms with Gasteiger partial charge in [0, 0.05) is 0 Å². The Kier molecular flexibility index (Phi) is 4.02. The number of methoxy groups -OCH3 is 1. The monoisotopic (exact) mass is 242 g/mol. The molecule has 0 heterocycles. The number of hydrogen-bond acceptors (Lipinski definition) is 3. The highest BCUT2D eigenvalue weighted by Gasteiger charge is 2.15. The third kappa shape index (κ3) is 2.91. The summed E-state index contributed by atoms with van der Waals surface area (Å²) in [5.74, 6) is 0.814. The van der Waals surface area contributed by atoms with Gasteiger partial charge in [-0.2, -0.15) is 0 Å². The maximum absolute atomic E-state index is 9.30. The van der Waals surface area contributed by atoms with E-state index in [0.29, 0.717) is 11.9 Å². The molecule has 0 amide bonds. The van der Waals surface area contributed by atoms with Crippen LogP contribution in [0.4, 0.5) is 0 Å². The molecule has 0 saturated carbocycles. The van der Waals surface area contributed by atoms with Crippen molar-refractivity contribution in [1.29, 1.82) is 0 Å². The lowest BCUT2D eigenvalue weighted by atomic mass is 9.76. The predicted octanol–water partition coefficient (Wildman–Crippen LogP) is 0.966. The minimum absolute atomic E-state index is 0.549. The molecule has 0 unspecified atom stereocenters. The first-order valence-electron chi connectivity index (χ1n) is 5.77. The lowest BCUT2D eigenvalue weighted by Crippen LogP contribution is -2.32. The smallest absolute Gasteiger partial charge is 0.488 e. The van der Waals surface area contributed by atoms with Gasteiger partial charge >= 0.3 is 7.12 Å². The van der Waals surface area contributed by atoms with E-state index >= 15 is 0 Å². The Bertz CT molecular complexity index is 509. The molecule has 2 aromatic carbocycles. The topological polar surface area (TPSA) is 49.7 Å². The fraction of sp³-hybridized carbons (Fsp3) is 0.143. The molecule has 0 fully saturated rings. The average Bonchev–Trinajstić information content (AvgIpc) is 2.40. The van der Waals surface area contributed by atoms with Gasteiger partial charge in [0.15, 0.2) is 0 Å². The molecule has 0 spiro atoms. The molecule has 3 nitrogen and oxygen atoms in total. The maximum atomic E-state index is 9.30. The van der Waals surface area contributed by atoms with Crippen molar-refractivity contribution < 1.29 is 14.8 Å². The highest BCUT2D eigenvalue weighted by molar-refractivity contribution is 6.59. The zero-order chi connectivity index (χ0) is 13.0. The van der Waals surface area contributed by atoms with Crippen molar-refractivity contribution in [3.63, 3.8) is 0 Å². The van der Waals surface area contributed by atoms with Crippen LogP contribution >= 0.6 is 0 Å². The van der Waals surface area contributed by atoms with Crippen molar-refractivity contribution in [3.8, 4) is 5.75 Å². The van der Waals surface area contributed by atoms with Crippen LogP contribution in [0.25, 0.3) is 0 Å². The number of benzene rings is 2. The molecule has 0 atom stereocenters. The summed E-state index contributed by atoms with van der Waals surface area (Å²) < 4.78 is 5.10. The Balaban J connectivity index is 2.22. The quantitative estimate of drug-likeness (QED) is 0.785. The minimum atomic E-state index is -1.43. The highest BCUT2D eigenvalue weighted by atomic mass is 16.5. The second-order valence-electron chi connectivity index (χ2n) is 4.10. The summed E-state index contributed by atoms with van der Waals surface area (Å²) in [6.45, 7) is 0. The Morgan fingerprint density at radius 3 is 2.28 bits per heavy atom. The fourth-order valence-corrected chi connectivity index (χ4v) is 1.91. The van der Waals surface area contributed by atoms with Crippen molar-refractivity contribution >= 4 is 12.6 Å². The van der Waals surface area contributed by atoms with E-state index in [1.54, 1.807) is 19.2 Å². The standard InChI is InChI=1S/C14H15BO3/c1-18-13-8-6-11(7-9-13)10-12-4-2-3-5-14(12)15(16)17/h2-9,16-17H,10H2,1H3. The largest absolute Gasteiger partial charge is 0.497 e. The summed E-state index contributed by atoms with van der Waals surface area (Å²) in [7, 11) is 0.200. The van der Waals surface area contributed by atoms with Gasteiger partial charge in [0.05, 0.1) is 7.11 Å². The van der Waals surface area contributed by atoms with Crippen LogP contribution in [0, 0.1) is 0 Å². The van der Waals surface area contributed by atoms with E-state index in [0.717, 1.165) is 16.9 Å². The molecule has 4 heteroatoms. The summed E-state index contributed by atoms with van der Waals surface area (Å²) in [6.07, 6.45) is 0.664. The summed E-state index contributed by atoms with van der Waals surface area (Å²) in [4.78, 5) is 0. The van der Waals surface area contributed by atoms with Crippen LogP contribution in [0.3, 0.4) is 0 Å². The van der Waals surface area contributed by atoms with Gasteiger partial charge in [0.25, 0.3) is 0 Å². The second kappa shape index (κ2) is 5.71. The lowest BCUT2D eigenvalue weighted by Gasteiger charge is -2.09. The van der Waals surface area contributed by atoms with E-state index in [9.17, 15) is 10.0 Å². The van der Waals surface area contributed by atoms with Crippen molar-refractivity contribution in [2.45, 2.75) is 6.42 Å². The van der Waals surface area contributed by atoms with Crippen molar-refractivity contribution in [2.24, 2.45) is 0 Å². The molecule has 2 rings (SSSR count). The molecular weight excluding hydrogens is 227 g/mol. The molecule has 2 N–H and O–H groups in total. The van der Waals surface area contributed by atoms with E-state index in [2.05, 4.69) is 0 Å². The molecule has 0 aromatic heterocycles. The average molecular weight is 242 g/mol. The van der Waals surface area contributed by atoms with Crippen LogP contribution in [0.1, 0.15) is 11.1 Å². The summed E-state index contributed by atoms with van der Waals surface area (Å²) in [6, 6.07) is 15.1. The molecule has 0 saturated heterocycles. The molecule has 18 heavy (non-hydrogen) atoms. The maximum Gasteiger partial charge on any atom is 0.488 e. The van der Waals surface area contributed by atoms with Gasteiger partial charge in [0.1, 0.15) is 5.75 Å². The third-order valence-corrected chi connectivity index (χ3v) is 2.89. The molecule has 0 radical (unpaired) electrons. The molecule has 92 valence electrons. The number of rotatable bonds is 4. The third-order valence-electron chi connectivity index (χ3n) is 2.89. The van der Waals surface area contributed by atoms with Crippen LogP contribution in [-0.2, 0) is 6.42 Å². The van der Waals surface area contributed by atoms with Gasteiger partial charge in [-0.15, -0.1) is 0 Å². The number of hydrogen-bond donors (Lipinski definition) is 2. The van der Waals surface area contributed by atoms with Crippen molar-refractivity contribution in [1.82, 2.24) is 0 Å². The van der Waals surface area contributed by atoms with Gasteiger partial charge < -0.3 is 14.8 Å². The number of ether oxygens (including phenoxy) is 1. The van der Waals surface area contributed by atoms with Crippen LogP contribution in [0.15, 0.2) is 48.5 Å². The zero-order valence-electron chi connectivity index (χ0n) is 10.2. The van der Waals surface area contributed by atoms with E-state index in [1.165, 1.54) is 0 Å². The Labute approximate surface area is 107 Å². The fourth-order valence-electron chi connectivity index (χ4n) is 1.91. The minimum Gasteiger partial charge on any atom is -0.497 e. The molecule has 0 bridgehead atoms. The molecule has 0 aliphatic carbocycles. The molecular formula is C14H15BO3. The van der Waals surface area contributed by atoms with Crippen molar-refractivity contribution in [3.05, 3.63) is 59.7 Å². The normalized spacial score (nSPS) is 10.2. The van der Waals surface area contributed by atoms with Gasteiger partial charge in [-0.25, -0.2) is 0 Å². The summed E-state index contributed by atoms with van der Waals surface area (Å²) >= 11 is 0.